The van der Waals surface area contributed by atoms with E-state index in [1.807, 2.05) is 0 Å². The lowest BCUT2D eigenvalue weighted by molar-refractivity contribution is 0.0917. The average Bonchev–Trinajstić information content (AvgIpc) is 3.08. The minimum absolute atomic E-state index is 0.160. The van der Waals surface area contributed by atoms with Crippen LogP contribution >= 0.6 is 23.5 Å². The molecule has 1 heterocycles. The number of halogens is 1. The zero-order valence-corrected chi connectivity index (χ0v) is 16.4. The molecule has 0 fully saturated rings. The highest BCUT2D eigenvalue weighted by Gasteiger charge is 2.40. The van der Waals surface area contributed by atoms with Crippen molar-refractivity contribution in [2.24, 2.45) is 0 Å². The van der Waals surface area contributed by atoms with Crippen LogP contribution in [0.15, 0.2) is 36.5 Å². The van der Waals surface area contributed by atoms with Crippen molar-refractivity contribution in [2.75, 3.05) is 13.2 Å². The lowest BCUT2D eigenvalue weighted by atomic mass is 10.2. The van der Waals surface area contributed by atoms with Crippen molar-refractivity contribution >= 4 is 29.4 Å². The molecule has 25 heavy (non-hydrogen) atoms. The van der Waals surface area contributed by atoms with E-state index < -0.39 is 19.4 Å². The number of alkyl halides is 1. The summed E-state index contributed by atoms with van der Waals surface area (Å²) in [4.78, 5) is 12.6. The van der Waals surface area contributed by atoms with Crippen LogP contribution in [0.5, 0.6) is 0 Å². The van der Waals surface area contributed by atoms with Gasteiger partial charge in [-0.3, -0.25) is 9.36 Å². The Morgan fingerprint density at radius 3 is 2.48 bits per heavy atom. The third-order valence-electron chi connectivity index (χ3n) is 3.23. The van der Waals surface area contributed by atoms with Gasteiger partial charge in [0.1, 0.15) is 0 Å². The van der Waals surface area contributed by atoms with Crippen LogP contribution in [-0.2, 0) is 18.9 Å². The quantitative estimate of drug-likeness (QED) is 0.484. The smallest absolute Gasteiger partial charge is 0.320 e. The summed E-state index contributed by atoms with van der Waals surface area (Å²) >= 11 is 3.33. The van der Waals surface area contributed by atoms with Gasteiger partial charge < -0.3 is 14.4 Å². The van der Waals surface area contributed by atoms with Gasteiger partial charge in [0.05, 0.1) is 25.1 Å². The monoisotopic (exact) mass is 430 g/mol. The van der Waals surface area contributed by atoms with Crippen molar-refractivity contribution < 1.29 is 18.4 Å². The number of aromatic nitrogens is 3. The molecule has 0 aliphatic heterocycles. The standard InChI is InChI=1S/C15H20BrN4O4P/c1-3-23-25(22,24-4-2)15(20-13(10-16)11-17-19-20)18-14(21)12-8-6-5-7-9-12/h5-9,11,15H,3-4,10H2,1-2H3,(H,18,21). The predicted octanol–water partition coefficient (Wildman–Crippen LogP) is 3.33. The van der Waals surface area contributed by atoms with Gasteiger partial charge in [0, 0.05) is 10.9 Å². The van der Waals surface area contributed by atoms with Gasteiger partial charge in [-0.05, 0) is 26.0 Å². The van der Waals surface area contributed by atoms with Gasteiger partial charge in [0.2, 0.25) is 5.91 Å². The van der Waals surface area contributed by atoms with E-state index in [0.29, 0.717) is 16.6 Å². The molecule has 1 atom stereocenters. The molecule has 0 aliphatic rings. The van der Waals surface area contributed by atoms with Crippen LogP contribution in [0.4, 0.5) is 0 Å². The van der Waals surface area contributed by atoms with Gasteiger partial charge in [0.25, 0.3) is 5.91 Å². The van der Waals surface area contributed by atoms with E-state index >= 15 is 0 Å². The molecule has 0 saturated heterocycles. The number of hydrogen-bond acceptors (Lipinski definition) is 6. The first-order valence-corrected chi connectivity index (χ1v) is 10.5. The molecular formula is C15H20BrN4O4P. The number of amides is 1. The number of hydrogen-bond donors (Lipinski definition) is 1. The van der Waals surface area contributed by atoms with E-state index in [-0.39, 0.29) is 13.2 Å². The highest BCUT2D eigenvalue weighted by atomic mass is 79.9. The summed E-state index contributed by atoms with van der Waals surface area (Å²) in [5.74, 6) is -1.54. The fourth-order valence-electron chi connectivity index (χ4n) is 2.17. The van der Waals surface area contributed by atoms with Gasteiger partial charge in [0.15, 0.2) is 0 Å². The van der Waals surface area contributed by atoms with E-state index in [4.69, 9.17) is 9.05 Å². The van der Waals surface area contributed by atoms with E-state index in [1.54, 1.807) is 44.2 Å². The van der Waals surface area contributed by atoms with E-state index in [9.17, 15) is 9.36 Å². The summed E-state index contributed by atoms with van der Waals surface area (Å²) in [6, 6.07) is 8.61. The van der Waals surface area contributed by atoms with Crippen LogP contribution in [0.1, 0.15) is 35.8 Å². The fourth-order valence-corrected chi connectivity index (χ4v) is 4.39. The van der Waals surface area contributed by atoms with E-state index in [2.05, 4.69) is 31.6 Å². The molecule has 136 valence electrons. The maximum atomic E-state index is 13.3. The number of nitrogens with zero attached hydrogens (tertiary/aromatic N) is 3. The molecule has 1 amide bonds. The third-order valence-corrected chi connectivity index (χ3v) is 5.99. The molecule has 1 unspecified atom stereocenters. The van der Waals surface area contributed by atoms with Gasteiger partial charge in [-0.15, -0.1) is 5.10 Å². The van der Waals surface area contributed by atoms with Crippen LogP contribution in [0, 0.1) is 0 Å². The first-order valence-electron chi connectivity index (χ1n) is 7.75. The second-order valence-corrected chi connectivity index (χ2v) is 7.54. The van der Waals surface area contributed by atoms with E-state index in [1.165, 1.54) is 10.9 Å². The van der Waals surface area contributed by atoms with Crippen LogP contribution in [-0.4, -0.2) is 34.1 Å². The van der Waals surface area contributed by atoms with Gasteiger partial charge in [-0.2, -0.15) is 0 Å². The van der Waals surface area contributed by atoms with Crippen molar-refractivity contribution in [3.8, 4) is 0 Å². The van der Waals surface area contributed by atoms with E-state index in [0.717, 1.165) is 0 Å². The fraction of sp³-hybridized carbons (Fsp3) is 0.400. The number of carbonyl (C=O) groups excluding carboxylic acids is 1. The Bertz CT molecular complexity index is 730. The molecule has 10 heteroatoms. The Morgan fingerprint density at radius 1 is 1.28 bits per heavy atom. The molecule has 8 nitrogen and oxygen atoms in total. The third kappa shape index (κ3) is 4.76. The lowest BCUT2D eigenvalue weighted by Gasteiger charge is -2.27. The van der Waals surface area contributed by atoms with Crippen LogP contribution < -0.4 is 5.32 Å². The highest BCUT2D eigenvalue weighted by Crippen LogP contribution is 2.57. The first kappa shape index (κ1) is 19.8. The number of nitrogens with one attached hydrogen (secondary N) is 1. The van der Waals surface area contributed by atoms with Crippen molar-refractivity contribution in [2.45, 2.75) is 25.1 Å². The van der Waals surface area contributed by atoms with Gasteiger partial charge in [-0.25, -0.2) is 4.68 Å². The summed E-state index contributed by atoms with van der Waals surface area (Å²) in [6.45, 7) is 3.73. The van der Waals surface area contributed by atoms with Gasteiger partial charge in [-0.1, -0.05) is 39.3 Å². The largest absolute Gasteiger partial charge is 0.375 e. The SMILES string of the molecule is CCOP(=O)(OCC)C(NC(=O)c1ccccc1)n1nncc1CBr. The Hall–Kier alpha value is -1.54. The second-order valence-electron chi connectivity index (χ2n) is 4.89. The molecule has 0 aliphatic carbocycles. The highest BCUT2D eigenvalue weighted by molar-refractivity contribution is 9.08. The number of rotatable bonds is 9. The molecule has 0 radical (unpaired) electrons. The molecule has 2 rings (SSSR count). The summed E-state index contributed by atoms with van der Waals surface area (Å²) in [6.07, 6.45) is 1.51. The topological polar surface area (TPSA) is 95.3 Å². The minimum atomic E-state index is -3.72. The average molecular weight is 431 g/mol. The molecule has 1 aromatic heterocycles. The van der Waals surface area contributed by atoms with Crippen LogP contribution in [0.3, 0.4) is 0 Å². The first-order chi connectivity index (χ1) is 12.1. The molecule has 1 N–H and O–H groups in total. The summed E-state index contributed by atoms with van der Waals surface area (Å²) in [5, 5.41) is 10.9. The van der Waals surface area contributed by atoms with Crippen LogP contribution in [0.25, 0.3) is 0 Å². The predicted molar refractivity (Wildman–Crippen MR) is 96.5 cm³/mol. The Balaban J connectivity index is 2.41. The van der Waals surface area contributed by atoms with Crippen molar-refractivity contribution in [1.29, 1.82) is 0 Å². The molecular weight excluding hydrogens is 411 g/mol. The van der Waals surface area contributed by atoms with Crippen LogP contribution in [0.2, 0.25) is 0 Å². The molecule has 1 aromatic carbocycles. The number of benzene rings is 1. The Labute approximate surface area is 154 Å². The van der Waals surface area contributed by atoms with Crippen molar-refractivity contribution in [1.82, 2.24) is 20.3 Å². The van der Waals surface area contributed by atoms with Crippen molar-refractivity contribution in [3.05, 3.63) is 47.8 Å². The lowest BCUT2D eigenvalue weighted by Crippen LogP contribution is -2.35. The van der Waals surface area contributed by atoms with Gasteiger partial charge >= 0.3 is 7.60 Å². The Kier molecular flexibility index (Phi) is 7.31. The number of carbonyl (C=O) groups is 1. The molecule has 0 saturated carbocycles. The maximum Gasteiger partial charge on any atom is 0.375 e. The molecule has 2 aromatic rings. The minimum Gasteiger partial charge on any atom is -0.320 e. The van der Waals surface area contributed by atoms with Crippen molar-refractivity contribution in [3.63, 3.8) is 0 Å². The maximum absolute atomic E-state index is 13.3. The summed E-state index contributed by atoms with van der Waals surface area (Å²) in [5.41, 5.74) is 1.05. The zero-order valence-electron chi connectivity index (χ0n) is 14.0. The normalized spacial score (nSPS) is 12.8. The molecule has 0 bridgehead atoms. The summed E-state index contributed by atoms with van der Waals surface area (Å²) in [7, 11) is -3.72. The second kappa shape index (κ2) is 9.24. The molecule has 0 spiro atoms. The summed E-state index contributed by atoms with van der Waals surface area (Å²) < 4.78 is 25.4. The zero-order chi connectivity index (χ0) is 18.3. The Morgan fingerprint density at radius 2 is 1.92 bits per heavy atom.